The lowest BCUT2D eigenvalue weighted by molar-refractivity contribution is -0.168. The number of alkyl halides is 4. The van der Waals surface area contributed by atoms with Crippen molar-refractivity contribution in [2.75, 3.05) is 12.3 Å². The molecule has 1 aromatic rings. The van der Waals surface area contributed by atoms with Crippen LogP contribution < -0.4 is 5.73 Å². The maximum absolute atomic E-state index is 12.4. The molecule has 0 aliphatic carbocycles. The molecule has 0 aliphatic heterocycles. The van der Waals surface area contributed by atoms with E-state index in [0.29, 0.717) is 11.3 Å². The van der Waals surface area contributed by atoms with Gasteiger partial charge in [-0.1, -0.05) is 12.1 Å². The topological polar surface area (TPSA) is 35.2 Å². The fraction of sp³-hybridized carbons (Fsp3) is 0.400. The first-order valence-corrected chi connectivity index (χ1v) is 4.50. The van der Waals surface area contributed by atoms with Crippen LogP contribution in [0.15, 0.2) is 24.3 Å². The average Bonchev–Trinajstić information content (AvgIpc) is 2.20. The molecule has 0 spiro atoms. The summed E-state index contributed by atoms with van der Waals surface area (Å²) in [5.41, 5.74) is 6.53. The van der Waals surface area contributed by atoms with E-state index in [9.17, 15) is 17.6 Å². The van der Waals surface area contributed by atoms with E-state index in [1.807, 2.05) is 0 Å². The van der Waals surface area contributed by atoms with Crippen molar-refractivity contribution in [3.8, 4) is 0 Å². The molecule has 0 saturated carbocycles. The quantitative estimate of drug-likeness (QED) is 0.631. The van der Waals surface area contributed by atoms with Gasteiger partial charge < -0.3 is 10.5 Å². The summed E-state index contributed by atoms with van der Waals surface area (Å²) in [7, 11) is 0. The Hall–Kier alpha value is -1.30. The lowest BCUT2D eigenvalue weighted by Gasteiger charge is -2.15. The minimum atomic E-state index is -4.10. The van der Waals surface area contributed by atoms with E-state index in [1.54, 1.807) is 24.3 Å². The molecule has 2 N–H and O–H groups in total. The van der Waals surface area contributed by atoms with E-state index >= 15 is 0 Å². The van der Waals surface area contributed by atoms with E-state index < -0.39 is 19.0 Å². The molecule has 0 bridgehead atoms. The van der Waals surface area contributed by atoms with E-state index in [1.165, 1.54) is 0 Å². The van der Waals surface area contributed by atoms with Gasteiger partial charge in [0.15, 0.2) is 0 Å². The molecule has 0 atom stereocenters. The monoisotopic (exact) mass is 237 g/mol. The standard InChI is InChI=1S/C10H11F4NO/c11-9(12)10(13,14)6-16-5-7-1-3-8(15)4-2-7/h1-4,9H,5-6,15H2. The second-order valence-electron chi connectivity index (χ2n) is 3.30. The van der Waals surface area contributed by atoms with Crippen molar-refractivity contribution in [3.63, 3.8) is 0 Å². The molecule has 0 fully saturated rings. The molecule has 0 aromatic heterocycles. The van der Waals surface area contributed by atoms with Gasteiger partial charge in [-0.3, -0.25) is 0 Å². The SMILES string of the molecule is Nc1ccc(COCC(F)(F)C(F)F)cc1. The summed E-state index contributed by atoms with van der Waals surface area (Å²) in [6.07, 6.45) is -3.71. The molecule has 0 radical (unpaired) electrons. The molecule has 0 aliphatic rings. The van der Waals surface area contributed by atoms with Crippen LogP contribution in [0.2, 0.25) is 0 Å². The number of halogens is 4. The molecule has 2 nitrogen and oxygen atoms in total. The molecule has 6 heteroatoms. The molecular formula is C10H11F4NO. The molecule has 0 heterocycles. The van der Waals surface area contributed by atoms with Gasteiger partial charge in [-0.2, -0.15) is 8.78 Å². The molecule has 16 heavy (non-hydrogen) atoms. The number of nitrogen functional groups attached to an aromatic ring is 1. The zero-order valence-corrected chi connectivity index (χ0v) is 8.30. The Morgan fingerprint density at radius 2 is 1.75 bits per heavy atom. The van der Waals surface area contributed by atoms with E-state index in [4.69, 9.17) is 5.73 Å². The van der Waals surface area contributed by atoms with Gasteiger partial charge in [-0.15, -0.1) is 0 Å². The minimum Gasteiger partial charge on any atom is -0.399 e. The van der Waals surface area contributed by atoms with Crippen LogP contribution >= 0.6 is 0 Å². The summed E-state index contributed by atoms with van der Waals surface area (Å²) in [5, 5.41) is 0. The maximum atomic E-state index is 12.4. The first-order valence-electron chi connectivity index (χ1n) is 4.50. The van der Waals surface area contributed by atoms with Crippen molar-refractivity contribution in [2.45, 2.75) is 19.0 Å². The second kappa shape index (κ2) is 5.16. The Morgan fingerprint density at radius 3 is 2.25 bits per heavy atom. The summed E-state index contributed by atoms with van der Waals surface area (Å²) in [6, 6.07) is 6.31. The second-order valence-corrected chi connectivity index (χ2v) is 3.30. The average molecular weight is 237 g/mol. The van der Waals surface area contributed by atoms with Crippen LogP contribution in [0, 0.1) is 0 Å². The molecule has 0 saturated heterocycles. The van der Waals surface area contributed by atoms with Gasteiger partial charge in [-0.25, -0.2) is 8.78 Å². The zero-order chi connectivity index (χ0) is 12.2. The number of rotatable bonds is 5. The summed E-state index contributed by atoms with van der Waals surface area (Å²) in [6.45, 7) is -1.45. The van der Waals surface area contributed by atoms with Gasteiger partial charge in [0.25, 0.3) is 0 Å². The predicted molar refractivity (Wildman–Crippen MR) is 51.5 cm³/mol. The van der Waals surface area contributed by atoms with E-state index in [2.05, 4.69) is 4.74 Å². The van der Waals surface area contributed by atoms with Crippen molar-refractivity contribution in [2.24, 2.45) is 0 Å². The number of benzene rings is 1. The number of hydrogen-bond donors (Lipinski definition) is 1. The highest BCUT2D eigenvalue weighted by atomic mass is 19.3. The van der Waals surface area contributed by atoms with Crippen LogP contribution in [0.1, 0.15) is 5.56 Å². The van der Waals surface area contributed by atoms with Crippen molar-refractivity contribution in [1.82, 2.24) is 0 Å². The largest absolute Gasteiger partial charge is 0.399 e. The Labute approximate surface area is 90.0 Å². The van der Waals surface area contributed by atoms with E-state index in [0.717, 1.165) is 0 Å². The molecule has 0 unspecified atom stereocenters. The summed E-state index contributed by atoms with van der Waals surface area (Å²) in [4.78, 5) is 0. The summed E-state index contributed by atoms with van der Waals surface area (Å²) >= 11 is 0. The van der Waals surface area contributed by atoms with Crippen LogP contribution in [-0.2, 0) is 11.3 Å². The van der Waals surface area contributed by atoms with Crippen LogP contribution in [0.25, 0.3) is 0 Å². The first kappa shape index (κ1) is 12.8. The highest BCUT2D eigenvalue weighted by Crippen LogP contribution is 2.23. The van der Waals surface area contributed by atoms with Gasteiger partial charge >= 0.3 is 12.3 Å². The molecule has 0 amide bonds. The third kappa shape index (κ3) is 3.69. The fourth-order valence-electron chi connectivity index (χ4n) is 0.982. The predicted octanol–water partition coefficient (Wildman–Crippen LogP) is 2.69. The third-order valence-electron chi connectivity index (χ3n) is 1.86. The van der Waals surface area contributed by atoms with Crippen molar-refractivity contribution in [1.29, 1.82) is 0 Å². The van der Waals surface area contributed by atoms with Gasteiger partial charge in [0.05, 0.1) is 6.61 Å². The molecule has 90 valence electrons. The van der Waals surface area contributed by atoms with Crippen LogP contribution in [0.5, 0.6) is 0 Å². The Morgan fingerprint density at radius 1 is 1.19 bits per heavy atom. The smallest absolute Gasteiger partial charge is 0.330 e. The van der Waals surface area contributed by atoms with Gasteiger partial charge in [-0.05, 0) is 17.7 Å². The van der Waals surface area contributed by atoms with E-state index in [-0.39, 0.29) is 6.61 Å². The molecule has 1 rings (SSSR count). The Balaban J connectivity index is 2.39. The molecular weight excluding hydrogens is 226 g/mol. The van der Waals surface area contributed by atoms with Crippen molar-refractivity contribution < 1.29 is 22.3 Å². The summed E-state index contributed by atoms with van der Waals surface area (Å²) in [5.74, 6) is -4.10. The van der Waals surface area contributed by atoms with Crippen LogP contribution in [0.4, 0.5) is 23.2 Å². The van der Waals surface area contributed by atoms with Gasteiger partial charge in [0, 0.05) is 5.69 Å². The maximum Gasteiger partial charge on any atom is 0.330 e. The highest BCUT2D eigenvalue weighted by Gasteiger charge is 2.40. The number of ether oxygens (including phenoxy) is 1. The van der Waals surface area contributed by atoms with Crippen molar-refractivity contribution in [3.05, 3.63) is 29.8 Å². The number of anilines is 1. The van der Waals surface area contributed by atoms with Crippen molar-refractivity contribution >= 4 is 5.69 Å². The third-order valence-corrected chi connectivity index (χ3v) is 1.86. The van der Waals surface area contributed by atoms with Crippen LogP contribution in [0.3, 0.4) is 0 Å². The molecule has 1 aromatic carbocycles. The highest BCUT2D eigenvalue weighted by molar-refractivity contribution is 5.39. The number of nitrogens with two attached hydrogens (primary N) is 1. The van der Waals surface area contributed by atoms with Gasteiger partial charge in [0.1, 0.15) is 6.61 Å². The first-order chi connectivity index (χ1) is 7.42. The lowest BCUT2D eigenvalue weighted by Crippen LogP contribution is -2.32. The minimum absolute atomic E-state index is 0.150. The van der Waals surface area contributed by atoms with Gasteiger partial charge in [0.2, 0.25) is 0 Å². The zero-order valence-electron chi connectivity index (χ0n) is 8.30. The fourth-order valence-corrected chi connectivity index (χ4v) is 0.982. The Bertz CT molecular complexity index is 326. The lowest BCUT2D eigenvalue weighted by atomic mass is 10.2. The normalized spacial score (nSPS) is 12.1. The summed E-state index contributed by atoms with van der Waals surface area (Å²) < 4.78 is 52.8. The number of hydrogen-bond acceptors (Lipinski definition) is 2. The van der Waals surface area contributed by atoms with Crippen LogP contribution in [-0.4, -0.2) is 19.0 Å². The Kier molecular flexibility index (Phi) is 4.12.